The minimum atomic E-state index is 0.323. The van der Waals surface area contributed by atoms with E-state index in [4.69, 9.17) is 5.73 Å². The number of hydrogen-bond donors (Lipinski definition) is 2. The van der Waals surface area contributed by atoms with Crippen molar-refractivity contribution < 1.29 is 0 Å². The Morgan fingerprint density at radius 1 is 1.06 bits per heavy atom. The summed E-state index contributed by atoms with van der Waals surface area (Å²) in [5.41, 5.74) is 14.1. The first kappa shape index (κ1) is 22.6. The van der Waals surface area contributed by atoms with Crippen LogP contribution in [0.5, 0.6) is 0 Å². The standard InChI is InChI=1S/C29H42N2/c1-21(2)23-10-12-26-24(18-23)11-13-27-28(3,15-7-16-29(26,27)4)20-31-17-14-22-8-5-6-9-25(22)19-30/h5-6,8-10,12,18,21,27,31H,7,11,13-17,19-20,30H2,1-4H3. The van der Waals surface area contributed by atoms with Crippen LogP contribution >= 0.6 is 0 Å². The van der Waals surface area contributed by atoms with Crippen LogP contribution in [0, 0.1) is 11.3 Å². The average Bonchev–Trinajstić information content (AvgIpc) is 2.76. The summed E-state index contributed by atoms with van der Waals surface area (Å²) in [4.78, 5) is 0. The Labute approximate surface area is 190 Å². The third-order valence-corrected chi connectivity index (χ3v) is 8.61. The molecule has 3 unspecified atom stereocenters. The SMILES string of the molecule is CC(C)c1ccc2c(c1)CCC1C(C)(CNCCc3ccccc3CN)CCCC21C. The van der Waals surface area contributed by atoms with Gasteiger partial charge in [0.25, 0.3) is 0 Å². The van der Waals surface area contributed by atoms with Gasteiger partial charge in [0.15, 0.2) is 0 Å². The zero-order valence-corrected chi connectivity index (χ0v) is 20.1. The number of rotatable bonds is 7. The molecule has 0 bridgehead atoms. The van der Waals surface area contributed by atoms with Crippen molar-refractivity contribution >= 4 is 0 Å². The highest BCUT2D eigenvalue weighted by Gasteiger charge is 2.51. The van der Waals surface area contributed by atoms with Crippen LogP contribution in [0.25, 0.3) is 0 Å². The summed E-state index contributed by atoms with van der Waals surface area (Å²) >= 11 is 0. The molecule has 0 amide bonds. The van der Waals surface area contributed by atoms with Gasteiger partial charge in [-0.15, -0.1) is 0 Å². The van der Waals surface area contributed by atoms with Crippen molar-refractivity contribution in [3.05, 3.63) is 70.3 Å². The molecule has 0 saturated heterocycles. The van der Waals surface area contributed by atoms with E-state index in [1.807, 2.05) is 0 Å². The van der Waals surface area contributed by atoms with Gasteiger partial charge in [0.05, 0.1) is 0 Å². The highest BCUT2D eigenvalue weighted by molar-refractivity contribution is 5.42. The van der Waals surface area contributed by atoms with E-state index in [9.17, 15) is 0 Å². The summed E-state index contributed by atoms with van der Waals surface area (Å²) in [7, 11) is 0. The maximum absolute atomic E-state index is 5.92. The lowest BCUT2D eigenvalue weighted by molar-refractivity contribution is 0.0261. The monoisotopic (exact) mass is 418 g/mol. The van der Waals surface area contributed by atoms with Crippen LogP contribution < -0.4 is 11.1 Å². The Bertz CT molecular complexity index is 901. The lowest BCUT2D eigenvalue weighted by Crippen LogP contribution is -2.52. The van der Waals surface area contributed by atoms with Gasteiger partial charge < -0.3 is 11.1 Å². The maximum Gasteiger partial charge on any atom is 0.0180 e. The molecule has 168 valence electrons. The topological polar surface area (TPSA) is 38.0 Å². The average molecular weight is 419 g/mol. The second-order valence-electron chi connectivity index (χ2n) is 11.0. The molecule has 4 rings (SSSR count). The van der Waals surface area contributed by atoms with Crippen LogP contribution in [0.3, 0.4) is 0 Å². The summed E-state index contributed by atoms with van der Waals surface area (Å²) in [5, 5.41) is 3.85. The first-order valence-corrected chi connectivity index (χ1v) is 12.5. The molecule has 2 nitrogen and oxygen atoms in total. The van der Waals surface area contributed by atoms with Gasteiger partial charge in [-0.1, -0.05) is 76.6 Å². The van der Waals surface area contributed by atoms with Crippen LogP contribution in [0.4, 0.5) is 0 Å². The normalized spacial score (nSPS) is 27.7. The second kappa shape index (κ2) is 9.08. The van der Waals surface area contributed by atoms with Crippen molar-refractivity contribution in [3.63, 3.8) is 0 Å². The Kier molecular flexibility index (Phi) is 6.60. The molecule has 31 heavy (non-hydrogen) atoms. The highest BCUT2D eigenvalue weighted by Crippen LogP contribution is 2.57. The molecule has 0 radical (unpaired) electrons. The molecular formula is C29H42N2. The van der Waals surface area contributed by atoms with E-state index >= 15 is 0 Å². The van der Waals surface area contributed by atoms with E-state index in [0.29, 0.717) is 23.3 Å². The van der Waals surface area contributed by atoms with Crippen molar-refractivity contribution in [2.24, 2.45) is 17.1 Å². The van der Waals surface area contributed by atoms with Crippen LogP contribution in [0.15, 0.2) is 42.5 Å². The molecule has 2 aromatic carbocycles. The third-order valence-electron chi connectivity index (χ3n) is 8.61. The molecular weight excluding hydrogens is 376 g/mol. The van der Waals surface area contributed by atoms with Crippen LogP contribution in [0.1, 0.15) is 87.1 Å². The predicted octanol–water partition coefficient (Wildman–Crippen LogP) is 6.11. The predicted molar refractivity (Wildman–Crippen MR) is 133 cm³/mol. The molecule has 0 aromatic heterocycles. The number of benzene rings is 2. The molecule has 0 spiro atoms. The van der Waals surface area contributed by atoms with Crippen LogP contribution in [0.2, 0.25) is 0 Å². The smallest absolute Gasteiger partial charge is 0.0180 e. The molecule has 1 fully saturated rings. The molecule has 1 saturated carbocycles. The lowest BCUT2D eigenvalue weighted by atomic mass is 9.49. The van der Waals surface area contributed by atoms with Crippen molar-refractivity contribution in [2.45, 2.75) is 84.1 Å². The summed E-state index contributed by atoms with van der Waals surface area (Å²) < 4.78 is 0. The summed E-state index contributed by atoms with van der Waals surface area (Å²) in [6, 6.07) is 16.0. The maximum atomic E-state index is 5.92. The van der Waals surface area contributed by atoms with E-state index in [-0.39, 0.29) is 0 Å². The van der Waals surface area contributed by atoms with Gasteiger partial charge >= 0.3 is 0 Å². The Morgan fingerprint density at radius 2 is 1.84 bits per heavy atom. The van der Waals surface area contributed by atoms with Gasteiger partial charge in [-0.3, -0.25) is 0 Å². The van der Waals surface area contributed by atoms with E-state index in [1.165, 1.54) is 48.8 Å². The van der Waals surface area contributed by atoms with Crippen molar-refractivity contribution in [1.29, 1.82) is 0 Å². The molecule has 3 N–H and O–H groups in total. The molecule has 0 heterocycles. The van der Waals surface area contributed by atoms with Crippen molar-refractivity contribution in [1.82, 2.24) is 5.32 Å². The van der Waals surface area contributed by atoms with Crippen LogP contribution in [-0.4, -0.2) is 13.1 Å². The minimum Gasteiger partial charge on any atom is -0.326 e. The van der Waals surface area contributed by atoms with Gasteiger partial charge in [0, 0.05) is 13.1 Å². The fourth-order valence-corrected chi connectivity index (χ4v) is 6.81. The molecule has 2 heteroatoms. The number of hydrogen-bond acceptors (Lipinski definition) is 2. The molecule has 0 aliphatic heterocycles. The summed E-state index contributed by atoms with van der Waals surface area (Å²) in [6.45, 7) is 12.5. The largest absolute Gasteiger partial charge is 0.326 e. The van der Waals surface area contributed by atoms with Crippen molar-refractivity contribution in [2.75, 3.05) is 13.1 Å². The van der Waals surface area contributed by atoms with E-state index in [2.05, 4.69) is 75.5 Å². The van der Waals surface area contributed by atoms with E-state index in [0.717, 1.165) is 25.4 Å². The number of fused-ring (bicyclic) bond motifs is 3. The highest BCUT2D eigenvalue weighted by atomic mass is 14.9. The zero-order chi connectivity index (χ0) is 22.1. The van der Waals surface area contributed by atoms with Crippen LogP contribution in [-0.2, 0) is 24.8 Å². The number of nitrogens with two attached hydrogens (primary N) is 1. The van der Waals surface area contributed by atoms with Gasteiger partial charge in [-0.05, 0) is 89.1 Å². The number of nitrogens with one attached hydrogen (secondary N) is 1. The molecule has 2 aromatic rings. The Hall–Kier alpha value is -1.64. The lowest BCUT2D eigenvalue weighted by Gasteiger charge is -2.55. The summed E-state index contributed by atoms with van der Waals surface area (Å²) in [5.74, 6) is 1.37. The Morgan fingerprint density at radius 3 is 2.58 bits per heavy atom. The quantitative estimate of drug-likeness (QED) is 0.532. The van der Waals surface area contributed by atoms with E-state index in [1.54, 1.807) is 11.1 Å². The molecule has 2 aliphatic rings. The zero-order valence-electron chi connectivity index (χ0n) is 20.1. The van der Waals surface area contributed by atoms with Gasteiger partial charge in [-0.2, -0.15) is 0 Å². The molecule has 3 atom stereocenters. The van der Waals surface area contributed by atoms with Gasteiger partial charge in [-0.25, -0.2) is 0 Å². The fraction of sp³-hybridized carbons (Fsp3) is 0.586. The number of aryl methyl sites for hydroxylation is 1. The second-order valence-corrected chi connectivity index (χ2v) is 11.0. The minimum absolute atomic E-state index is 0.323. The van der Waals surface area contributed by atoms with E-state index < -0.39 is 0 Å². The van der Waals surface area contributed by atoms with Gasteiger partial charge in [0.1, 0.15) is 0 Å². The third kappa shape index (κ3) is 4.34. The Balaban J connectivity index is 1.46. The first-order valence-electron chi connectivity index (χ1n) is 12.5. The van der Waals surface area contributed by atoms with Gasteiger partial charge in [0.2, 0.25) is 0 Å². The first-order chi connectivity index (χ1) is 14.9. The van der Waals surface area contributed by atoms with Crippen molar-refractivity contribution in [3.8, 4) is 0 Å². The summed E-state index contributed by atoms with van der Waals surface area (Å²) in [6.07, 6.45) is 7.66. The molecule has 2 aliphatic carbocycles. The fourth-order valence-electron chi connectivity index (χ4n) is 6.81.